The predicted octanol–water partition coefficient (Wildman–Crippen LogP) is 11.2. The summed E-state index contributed by atoms with van der Waals surface area (Å²) in [5.74, 6) is -0.113. The first kappa shape index (κ1) is 48.8. The fourth-order valence-corrected chi connectivity index (χ4v) is 6.74. The maximum absolute atomic E-state index is 12.7. The summed E-state index contributed by atoms with van der Waals surface area (Å²) in [6.07, 6.45) is 33.5. The van der Waals surface area contributed by atoms with Gasteiger partial charge in [0.2, 0.25) is 0 Å². The quantitative estimate of drug-likeness (QED) is 0.0482. The van der Waals surface area contributed by atoms with Crippen LogP contribution in [-0.4, -0.2) is 72.1 Å². The van der Waals surface area contributed by atoms with Gasteiger partial charge in [-0.2, -0.15) is 0 Å². The zero-order valence-corrected chi connectivity index (χ0v) is 33.6. The van der Waals surface area contributed by atoms with Crippen molar-refractivity contribution in [2.24, 2.45) is 0 Å². The standard InChI is InChI=1S/C43H85NO6/c1-4-7-10-13-17-24-31-41(32-25-18-14-11-8-5-2)50-43(48)34-26-19-16-20-28-35-44(36-37-45)39-40(46)30-23-22-27-33-42(47)49-38-29-21-15-12-9-6-3/h40-41,45-46H,4-39H2,1-3H3. The van der Waals surface area contributed by atoms with Gasteiger partial charge >= 0.3 is 11.9 Å². The van der Waals surface area contributed by atoms with Gasteiger partial charge < -0.3 is 19.7 Å². The Morgan fingerprint density at radius 2 is 0.960 bits per heavy atom. The van der Waals surface area contributed by atoms with Crippen molar-refractivity contribution in [2.75, 3.05) is 32.8 Å². The van der Waals surface area contributed by atoms with Crippen LogP contribution in [0.1, 0.15) is 220 Å². The van der Waals surface area contributed by atoms with E-state index in [0.29, 0.717) is 39.0 Å². The smallest absolute Gasteiger partial charge is 0.306 e. The van der Waals surface area contributed by atoms with Crippen LogP contribution in [-0.2, 0) is 19.1 Å². The van der Waals surface area contributed by atoms with E-state index in [4.69, 9.17) is 9.47 Å². The Balaban J connectivity index is 4.07. The van der Waals surface area contributed by atoms with Crippen LogP contribution in [0.2, 0.25) is 0 Å². The molecule has 0 aliphatic heterocycles. The molecule has 0 amide bonds. The highest BCUT2D eigenvalue weighted by Crippen LogP contribution is 2.18. The van der Waals surface area contributed by atoms with Crippen molar-refractivity contribution in [1.82, 2.24) is 4.90 Å². The van der Waals surface area contributed by atoms with E-state index >= 15 is 0 Å². The number of hydrogen-bond acceptors (Lipinski definition) is 7. The fourth-order valence-electron chi connectivity index (χ4n) is 6.74. The van der Waals surface area contributed by atoms with Gasteiger partial charge in [0, 0.05) is 25.9 Å². The number of ether oxygens (including phenoxy) is 2. The Hall–Kier alpha value is -1.18. The van der Waals surface area contributed by atoms with Gasteiger partial charge in [-0.05, 0) is 64.3 Å². The number of rotatable bonds is 40. The van der Waals surface area contributed by atoms with Gasteiger partial charge in [0.15, 0.2) is 0 Å². The topological polar surface area (TPSA) is 96.3 Å². The molecule has 0 aromatic carbocycles. The molecule has 1 unspecified atom stereocenters. The summed E-state index contributed by atoms with van der Waals surface area (Å²) in [7, 11) is 0. The number of unbranched alkanes of at least 4 members (excludes halogenated alkanes) is 21. The number of hydrogen-bond donors (Lipinski definition) is 2. The van der Waals surface area contributed by atoms with Crippen LogP contribution in [0.3, 0.4) is 0 Å². The normalized spacial score (nSPS) is 12.2. The van der Waals surface area contributed by atoms with Gasteiger partial charge in [0.1, 0.15) is 6.10 Å². The Labute approximate surface area is 310 Å². The average molecular weight is 712 g/mol. The molecule has 0 aliphatic rings. The third-order valence-corrected chi connectivity index (χ3v) is 9.98. The SMILES string of the molecule is CCCCCCCCOC(=O)CCCCCC(O)CN(CCO)CCCCCCCC(=O)OC(CCCCCCCC)CCCCCCCC. The molecule has 0 aromatic rings. The van der Waals surface area contributed by atoms with Gasteiger partial charge in [-0.25, -0.2) is 0 Å². The fraction of sp³-hybridized carbons (Fsp3) is 0.953. The van der Waals surface area contributed by atoms with Crippen molar-refractivity contribution >= 4 is 11.9 Å². The largest absolute Gasteiger partial charge is 0.466 e. The van der Waals surface area contributed by atoms with E-state index in [2.05, 4.69) is 25.7 Å². The Morgan fingerprint density at radius 3 is 1.52 bits per heavy atom. The molecule has 298 valence electrons. The zero-order chi connectivity index (χ0) is 36.8. The Kier molecular flexibility index (Phi) is 38.1. The predicted molar refractivity (Wildman–Crippen MR) is 211 cm³/mol. The second-order valence-corrected chi connectivity index (χ2v) is 15.0. The van der Waals surface area contributed by atoms with Crippen LogP contribution in [0.4, 0.5) is 0 Å². The molecule has 0 radical (unpaired) electrons. The second-order valence-electron chi connectivity index (χ2n) is 15.0. The van der Waals surface area contributed by atoms with Crippen LogP contribution in [0, 0.1) is 0 Å². The highest BCUT2D eigenvalue weighted by Gasteiger charge is 2.15. The van der Waals surface area contributed by atoms with Crippen LogP contribution in [0.15, 0.2) is 0 Å². The lowest BCUT2D eigenvalue weighted by atomic mass is 10.0. The molecule has 0 spiro atoms. The first-order chi connectivity index (χ1) is 24.5. The molecule has 2 N–H and O–H groups in total. The number of aliphatic hydroxyl groups is 2. The van der Waals surface area contributed by atoms with Gasteiger partial charge in [-0.3, -0.25) is 14.5 Å². The van der Waals surface area contributed by atoms with Crippen LogP contribution >= 0.6 is 0 Å². The Bertz CT molecular complexity index is 704. The number of carbonyl (C=O) groups excluding carboxylic acids is 2. The lowest BCUT2D eigenvalue weighted by Gasteiger charge is -2.24. The molecule has 0 heterocycles. The molecule has 0 rings (SSSR count). The maximum atomic E-state index is 12.7. The summed E-state index contributed by atoms with van der Waals surface area (Å²) in [4.78, 5) is 26.8. The van der Waals surface area contributed by atoms with Crippen molar-refractivity contribution < 1.29 is 29.3 Å². The van der Waals surface area contributed by atoms with Gasteiger partial charge in [0.05, 0.1) is 19.3 Å². The summed E-state index contributed by atoms with van der Waals surface area (Å²) in [6, 6.07) is 0. The first-order valence-electron chi connectivity index (χ1n) is 21.8. The molecule has 0 aliphatic carbocycles. The third kappa shape index (κ3) is 35.2. The molecule has 0 aromatic heterocycles. The van der Waals surface area contributed by atoms with E-state index in [1.54, 1.807) is 0 Å². The van der Waals surface area contributed by atoms with Gasteiger partial charge in [-0.1, -0.05) is 149 Å². The van der Waals surface area contributed by atoms with E-state index in [-0.39, 0.29) is 24.6 Å². The molecular weight excluding hydrogens is 626 g/mol. The monoisotopic (exact) mass is 712 g/mol. The number of esters is 2. The van der Waals surface area contributed by atoms with Crippen LogP contribution < -0.4 is 0 Å². The summed E-state index contributed by atoms with van der Waals surface area (Å²) in [6.45, 7) is 9.36. The zero-order valence-electron chi connectivity index (χ0n) is 33.6. The minimum atomic E-state index is -0.418. The Morgan fingerprint density at radius 1 is 0.520 bits per heavy atom. The van der Waals surface area contributed by atoms with Crippen LogP contribution in [0.5, 0.6) is 0 Å². The summed E-state index contributed by atoms with van der Waals surface area (Å²) < 4.78 is 11.4. The molecule has 50 heavy (non-hydrogen) atoms. The molecule has 0 fully saturated rings. The molecule has 0 saturated heterocycles. The number of carbonyl (C=O) groups is 2. The van der Waals surface area contributed by atoms with Crippen molar-refractivity contribution in [3.05, 3.63) is 0 Å². The highest BCUT2D eigenvalue weighted by atomic mass is 16.5. The van der Waals surface area contributed by atoms with Crippen molar-refractivity contribution in [1.29, 1.82) is 0 Å². The van der Waals surface area contributed by atoms with Crippen molar-refractivity contribution in [3.8, 4) is 0 Å². The third-order valence-electron chi connectivity index (χ3n) is 9.98. The van der Waals surface area contributed by atoms with E-state index in [1.165, 1.54) is 103 Å². The molecule has 1 atom stereocenters. The average Bonchev–Trinajstić information content (AvgIpc) is 3.10. The lowest BCUT2D eigenvalue weighted by molar-refractivity contribution is -0.150. The molecule has 7 heteroatoms. The minimum Gasteiger partial charge on any atom is -0.466 e. The molecular formula is C43H85NO6. The summed E-state index contributed by atoms with van der Waals surface area (Å²) in [5, 5.41) is 20.1. The number of nitrogens with zero attached hydrogens (tertiary/aromatic N) is 1. The highest BCUT2D eigenvalue weighted by molar-refractivity contribution is 5.69. The van der Waals surface area contributed by atoms with Gasteiger partial charge in [-0.15, -0.1) is 0 Å². The van der Waals surface area contributed by atoms with E-state index in [9.17, 15) is 19.8 Å². The lowest BCUT2D eigenvalue weighted by Crippen LogP contribution is -2.35. The second kappa shape index (κ2) is 39.0. The molecule has 0 bridgehead atoms. The minimum absolute atomic E-state index is 0.0153. The summed E-state index contributed by atoms with van der Waals surface area (Å²) >= 11 is 0. The van der Waals surface area contributed by atoms with Crippen molar-refractivity contribution in [2.45, 2.75) is 232 Å². The van der Waals surface area contributed by atoms with E-state index < -0.39 is 6.10 Å². The maximum Gasteiger partial charge on any atom is 0.306 e. The van der Waals surface area contributed by atoms with E-state index in [1.807, 2.05) is 0 Å². The van der Waals surface area contributed by atoms with Crippen LogP contribution in [0.25, 0.3) is 0 Å². The van der Waals surface area contributed by atoms with Crippen molar-refractivity contribution in [3.63, 3.8) is 0 Å². The first-order valence-corrected chi connectivity index (χ1v) is 21.8. The molecule has 0 saturated carbocycles. The molecule has 7 nitrogen and oxygen atoms in total. The van der Waals surface area contributed by atoms with E-state index in [0.717, 1.165) is 83.6 Å². The number of aliphatic hydroxyl groups excluding tert-OH is 2. The summed E-state index contributed by atoms with van der Waals surface area (Å²) in [5.41, 5.74) is 0. The van der Waals surface area contributed by atoms with Gasteiger partial charge in [0.25, 0.3) is 0 Å².